The first-order chi connectivity index (χ1) is 8.93. The molecule has 6 heteroatoms. The van der Waals surface area contributed by atoms with Crippen molar-refractivity contribution in [3.8, 4) is 0 Å². The minimum Gasteiger partial charge on any atom is -0.396 e. The third-order valence-corrected chi connectivity index (χ3v) is 4.19. The molecule has 2 amide bonds. The Morgan fingerprint density at radius 2 is 2.11 bits per heavy atom. The zero-order valence-electron chi connectivity index (χ0n) is 11.9. The predicted octanol–water partition coefficient (Wildman–Crippen LogP) is 2.08. The first-order valence-corrected chi connectivity index (χ1v) is 7.41. The van der Waals surface area contributed by atoms with Crippen molar-refractivity contribution in [2.24, 2.45) is 5.92 Å². The average Bonchev–Trinajstić information content (AvgIpc) is 2.84. The van der Waals surface area contributed by atoms with Crippen molar-refractivity contribution in [1.82, 2.24) is 15.6 Å². The molecule has 0 aliphatic rings. The summed E-state index contributed by atoms with van der Waals surface area (Å²) in [7, 11) is 0. The molecule has 0 aromatic carbocycles. The predicted molar refractivity (Wildman–Crippen MR) is 77.3 cm³/mol. The molecule has 19 heavy (non-hydrogen) atoms. The summed E-state index contributed by atoms with van der Waals surface area (Å²) in [4.78, 5) is 16.1. The highest BCUT2D eigenvalue weighted by Crippen LogP contribution is 2.18. The topological polar surface area (TPSA) is 74.2 Å². The molecule has 0 spiro atoms. The number of urea groups is 1. The second-order valence-corrected chi connectivity index (χ2v) is 6.00. The van der Waals surface area contributed by atoms with Gasteiger partial charge < -0.3 is 15.7 Å². The van der Waals surface area contributed by atoms with Crippen molar-refractivity contribution >= 4 is 17.4 Å². The molecular weight excluding hydrogens is 262 g/mol. The maximum absolute atomic E-state index is 11.7. The summed E-state index contributed by atoms with van der Waals surface area (Å²) in [5.41, 5.74) is 0.881. The van der Waals surface area contributed by atoms with Crippen LogP contribution >= 0.6 is 11.3 Å². The number of thiazole rings is 1. The molecule has 3 N–H and O–H groups in total. The highest BCUT2D eigenvalue weighted by molar-refractivity contribution is 7.09. The Morgan fingerprint density at radius 1 is 1.42 bits per heavy atom. The van der Waals surface area contributed by atoms with E-state index in [9.17, 15) is 4.79 Å². The number of aliphatic hydroxyl groups excluding tert-OH is 1. The van der Waals surface area contributed by atoms with E-state index < -0.39 is 0 Å². The van der Waals surface area contributed by atoms with Crippen LogP contribution in [0.4, 0.5) is 4.79 Å². The summed E-state index contributed by atoms with van der Waals surface area (Å²) < 4.78 is 0. The SMILES string of the molecule is CC(C)c1nc(CNC(=O)NC(C)C(C)CO)cs1. The summed E-state index contributed by atoms with van der Waals surface area (Å²) >= 11 is 1.62. The molecule has 1 heterocycles. The summed E-state index contributed by atoms with van der Waals surface area (Å²) in [5, 5.41) is 17.6. The summed E-state index contributed by atoms with van der Waals surface area (Å²) in [6.07, 6.45) is 0. The zero-order chi connectivity index (χ0) is 14.4. The number of carbonyl (C=O) groups excluding carboxylic acids is 1. The minimum atomic E-state index is -0.230. The van der Waals surface area contributed by atoms with Crippen molar-refractivity contribution < 1.29 is 9.90 Å². The molecule has 1 aromatic rings. The van der Waals surface area contributed by atoms with Crippen LogP contribution < -0.4 is 10.6 Å². The quantitative estimate of drug-likeness (QED) is 0.749. The molecule has 108 valence electrons. The van der Waals surface area contributed by atoms with E-state index in [4.69, 9.17) is 5.11 Å². The van der Waals surface area contributed by atoms with Gasteiger partial charge in [0, 0.05) is 23.9 Å². The van der Waals surface area contributed by atoms with Gasteiger partial charge in [-0.1, -0.05) is 20.8 Å². The van der Waals surface area contributed by atoms with E-state index in [1.165, 1.54) is 0 Å². The Balaban J connectivity index is 2.37. The van der Waals surface area contributed by atoms with E-state index in [1.807, 2.05) is 19.2 Å². The third kappa shape index (κ3) is 5.16. The first kappa shape index (κ1) is 15.9. The van der Waals surface area contributed by atoms with Gasteiger partial charge >= 0.3 is 6.03 Å². The molecule has 1 rings (SSSR count). The second kappa shape index (κ2) is 7.45. The van der Waals surface area contributed by atoms with Crippen LogP contribution in [0.3, 0.4) is 0 Å². The average molecular weight is 285 g/mol. The largest absolute Gasteiger partial charge is 0.396 e. The van der Waals surface area contributed by atoms with E-state index in [1.54, 1.807) is 11.3 Å². The van der Waals surface area contributed by atoms with Gasteiger partial charge in [0.2, 0.25) is 0 Å². The van der Waals surface area contributed by atoms with E-state index in [2.05, 4.69) is 29.5 Å². The van der Waals surface area contributed by atoms with E-state index in [0.29, 0.717) is 12.5 Å². The molecule has 2 atom stereocenters. The van der Waals surface area contributed by atoms with E-state index in [0.717, 1.165) is 10.7 Å². The first-order valence-electron chi connectivity index (χ1n) is 6.53. The molecule has 0 saturated heterocycles. The fraction of sp³-hybridized carbons (Fsp3) is 0.692. The van der Waals surface area contributed by atoms with Gasteiger partial charge in [-0.2, -0.15) is 0 Å². The number of hydrogen-bond donors (Lipinski definition) is 3. The minimum absolute atomic E-state index is 0.0394. The number of nitrogens with one attached hydrogen (secondary N) is 2. The van der Waals surface area contributed by atoms with Crippen LogP contribution in [0.5, 0.6) is 0 Å². The van der Waals surface area contributed by atoms with Crippen molar-refractivity contribution in [3.05, 3.63) is 16.1 Å². The van der Waals surface area contributed by atoms with Crippen LogP contribution in [0.1, 0.15) is 44.3 Å². The molecule has 2 unspecified atom stereocenters. The summed E-state index contributed by atoms with van der Waals surface area (Å²) in [6.45, 7) is 8.45. The van der Waals surface area contributed by atoms with Crippen molar-refractivity contribution in [1.29, 1.82) is 0 Å². The molecule has 0 radical (unpaired) electrons. The normalized spacial score (nSPS) is 14.2. The molecule has 1 aromatic heterocycles. The molecular formula is C13H23N3O2S. The van der Waals surface area contributed by atoms with Crippen LogP contribution in [-0.2, 0) is 6.54 Å². The van der Waals surface area contributed by atoms with Crippen molar-refractivity contribution in [2.45, 2.75) is 46.2 Å². The molecule has 0 saturated carbocycles. The van der Waals surface area contributed by atoms with Crippen molar-refractivity contribution in [3.63, 3.8) is 0 Å². The zero-order valence-corrected chi connectivity index (χ0v) is 12.8. The van der Waals surface area contributed by atoms with Gasteiger partial charge in [-0.25, -0.2) is 9.78 Å². The van der Waals surface area contributed by atoms with Gasteiger partial charge in [0.15, 0.2) is 0 Å². The molecule has 0 bridgehead atoms. The van der Waals surface area contributed by atoms with Gasteiger partial charge in [0.1, 0.15) is 0 Å². The lowest BCUT2D eigenvalue weighted by molar-refractivity contribution is 0.200. The van der Waals surface area contributed by atoms with Crippen molar-refractivity contribution in [2.75, 3.05) is 6.61 Å². The number of carbonyl (C=O) groups is 1. The Hall–Kier alpha value is -1.14. The highest BCUT2D eigenvalue weighted by atomic mass is 32.1. The van der Waals surface area contributed by atoms with Gasteiger partial charge in [0.05, 0.1) is 17.2 Å². The maximum Gasteiger partial charge on any atom is 0.315 e. The number of aromatic nitrogens is 1. The lowest BCUT2D eigenvalue weighted by Gasteiger charge is -2.19. The monoisotopic (exact) mass is 285 g/mol. The number of amides is 2. The summed E-state index contributed by atoms with van der Waals surface area (Å²) in [6, 6.07) is -0.293. The van der Waals surface area contributed by atoms with Gasteiger partial charge in [-0.15, -0.1) is 11.3 Å². The van der Waals surface area contributed by atoms with Gasteiger partial charge in [-0.3, -0.25) is 0 Å². The second-order valence-electron chi connectivity index (χ2n) is 5.11. The maximum atomic E-state index is 11.7. The highest BCUT2D eigenvalue weighted by Gasteiger charge is 2.14. The molecule has 0 aliphatic heterocycles. The summed E-state index contributed by atoms with van der Waals surface area (Å²) in [5.74, 6) is 0.454. The third-order valence-electron chi connectivity index (χ3n) is 2.99. The molecule has 0 aliphatic carbocycles. The van der Waals surface area contributed by atoms with E-state index >= 15 is 0 Å². The Labute approximate surface area is 118 Å². The number of aliphatic hydroxyl groups is 1. The Morgan fingerprint density at radius 3 is 2.63 bits per heavy atom. The van der Waals surface area contributed by atoms with Crippen LogP contribution in [0.15, 0.2) is 5.38 Å². The standard InChI is InChI=1S/C13H23N3O2S/c1-8(2)12-16-11(7-19-12)5-14-13(18)15-10(4)9(3)6-17/h7-10,17H,5-6H2,1-4H3,(H2,14,15,18). The Bertz CT molecular complexity index is 406. The van der Waals surface area contributed by atoms with E-state index in [-0.39, 0.29) is 24.6 Å². The fourth-order valence-corrected chi connectivity index (χ4v) is 2.23. The lowest BCUT2D eigenvalue weighted by atomic mass is 10.1. The van der Waals surface area contributed by atoms with Crippen LogP contribution in [0.25, 0.3) is 0 Å². The Kier molecular flexibility index (Phi) is 6.24. The number of hydrogen-bond acceptors (Lipinski definition) is 4. The van der Waals surface area contributed by atoms with Crippen LogP contribution in [-0.4, -0.2) is 28.8 Å². The van der Waals surface area contributed by atoms with Gasteiger partial charge in [0.25, 0.3) is 0 Å². The van der Waals surface area contributed by atoms with Crippen LogP contribution in [0, 0.1) is 5.92 Å². The fourth-order valence-electron chi connectivity index (χ4n) is 1.40. The number of nitrogens with zero attached hydrogens (tertiary/aromatic N) is 1. The number of rotatable bonds is 6. The molecule has 5 nitrogen and oxygen atoms in total. The smallest absolute Gasteiger partial charge is 0.315 e. The lowest BCUT2D eigenvalue weighted by Crippen LogP contribution is -2.44. The van der Waals surface area contributed by atoms with Crippen LogP contribution in [0.2, 0.25) is 0 Å². The molecule has 0 fully saturated rings. The van der Waals surface area contributed by atoms with Gasteiger partial charge in [-0.05, 0) is 12.8 Å².